The normalized spacial score (nSPS) is 12.3. The first-order valence-corrected chi connectivity index (χ1v) is 20.8. The number of aliphatic hydroxyl groups excluding tert-OH is 1. The molecule has 0 saturated carbocycles. The molecule has 0 spiro atoms. The number of carbonyl (C=O) groups is 1. The summed E-state index contributed by atoms with van der Waals surface area (Å²) in [5.41, 5.74) is 0. The van der Waals surface area contributed by atoms with Crippen molar-refractivity contribution in [2.75, 3.05) is 19.8 Å². The fraction of sp³-hybridized carbons (Fsp3) is 0.929. The van der Waals surface area contributed by atoms with E-state index < -0.39 is 6.10 Å². The maximum Gasteiger partial charge on any atom is 0.306 e. The van der Waals surface area contributed by atoms with Gasteiger partial charge in [-0.1, -0.05) is 193 Å². The summed E-state index contributed by atoms with van der Waals surface area (Å²) in [6.07, 6.45) is 47.1. The zero-order chi connectivity index (χ0) is 33.4. The Bertz CT molecular complexity index is 604. The van der Waals surface area contributed by atoms with Gasteiger partial charge in [0.15, 0.2) is 0 Å². The van der Waals surface area contributed by atoms with Crippen molar-refractivity contribution in [3.8, 4) is 0 Å². The topological polar surface area (TPSA) is 55.8 Å². The molecule has 0 aliphatic heterocycles. The molecule has 274 valence electrons. The van der Waals surface area contributed by atoms with Crippen molar-refractivity contribution in [2.24, 2.45) is 0 Å². The molecule has 1 atom stereocenters. The van der Waals surface area contributed by atoms with Crippen LogP contribution in [0.2, 0.25) is 0 Å². The highest BCUT2D eigenvalue weighted by molar-refractivity contribution is 5.69. The Morgan fingerprint density at radius 2 is 0.848 bits per heavy atom. The van der Waals surface area contributed by atoms with Crippen molar-refractivity contribution in [3.05, 3.63) is 12.2 Å². The molecule has 1 N–H and O–H groups in total. The summed E-state index contributed by atoms with van der Waals surface area (Å²) in [6.45, 7) is 5.36. The lowest BCUT2D eigenvalue weighted by molar-refractivity contribution is -0.154. The van der Waals surface area contributed by atoms with Crippen LogP contribution in [-0.4, -0.2) is 37.0 Å². The third-order valence-electron chi connectivity index (χ3n) is 9.34. The molecule has 0 fully saturated rings. The number of rotatable bonds is 39. The van der Waals surface area contributed by atoms with Crippen LogP contribution in [0.4, 0.5) is 0 Å². The largest absolute Gasteiger partial charge is 0.457 e. The lowest BCUT2D eigenvalue weighted by Gasteiger charge is -2.16. The number of aliphatic hydroxyl groups is 1. The molecule has 0 aromatic rings. The third kappa shape index (κ3) is 37.6. The molecule has 0 saturated heterocycles. The highest BCUT2D eigenvalue weighted by Crippen LogP contribution is 2.15. The number of hydrogen-bond donors (Lipinski definition) is 1. The molecule has 0 radical (unpaired) electrons. The standard InChI is InChI=1S/C42H82O4/c1-3-5-7-9-11-13-15-16-17-18-19-20-21-22-23-24-25-26-27-28-30-32-34-36-38-45-40-41(39-43)46-42(44)37-35-33-31-29-14-12-10-8-6-4-2/h18-19,41,43H,3-17,20-40H2,1-2H3/b19-18-. The van der Waals surface area contributed by atoms with Gasteiger partial charge < -0.3 is 14.6 Å². The second-order valence-corrected chi connectivity index (χ2v) is 14.1. The second kappa shape index (κ2) is 40.3. The quantitative estimate of drug-likeness (QED) is 0.0408. The Kier molecular flexibility index (Phi) is 39.5. The van der Waals surface area contributed by atoms with Gasteiger partial charge >= 0.3 is 5.97 Å². The van der Waals surface area contributed by atoms with E-state index in [4.69, 9.17) is 9.47 Å². The number of hydrogen-bond acceptors (Lipinski definition) is 4. The molecule has 0 aromatic carbocycles. The molecular formula is C42H82O4. The highest BCUT2D eigenvalue weighted by atomic mass is 16.6. The van der Waals surface area contributed by atoms with Gasteiger partial charge in [0.1, 0.15) is 6.10 Å². The molecular weight excluding hydrogens is 568 g/mol. The first-order valence-electron chi connectivity index (χ1n) is 20.8. The summed E-state index contributed by atoms with van der Waals surface area (Å²) in [6, 6.07) is 0. The minimum atomic E-state index is -0.526. The maximum absolute atomic E-state index is 12.1. The molecule has 0 rings (SSSR count). The molecule has 0 aliphatic rings. The van der Waals surface area contributed by atoms with Crippen LogP contribution in [-0.2, 0) is 14.3 Å². The number of allylic oxidation sites excluding steroid dienone is 2. The molecule has 0 bridgehead atoms. The monoisotopic (exact) mass is 651 g/mol. The average Bonchev–Trinajstić information content (AvgIpc) is 3.06. The van der Waals surface area contributed by atoms with Gasteiger partial charge in [-0.15, -0.1) is 0 Å². The zero-order valence-electron chi connectivity index (χ0n) is 31.4. The van der Waals surface area contributed by atoms with E-state index in [1.54, 1.807) is 0 Å². The van der Waals surface area contributed by atoms with E-state index in [-0.39, 0.29) is 12.6 Å². The molecule has 0 aliphatic carbocycles. The molecule has 4 nitrogen and oxygen atoms in total. The molecule has 1 unspecified atom stereocenters. The predicted octanol–water partition coefficient (Wildman–Crippen LogP) is 13.4. The van der Waals surface area contributed by atoms with Crippen LogP contribution >= 0.6 is 0 Å². The Balaban J connectivity index is 3.34. The van der Waals surface area contributed by atoms with Gasteiger partial charge in [-0.3, -0.25) is 4.79 Å². The van der Waals surface area contributed by atoms with E-state index >= 15 is 0 Å². The van der Waals surface area contributed by atoms with Gasteiger partial charge in [-0.25, -0.2) is 0 Å². The Hall–Kier alpha value is -0.870. The Morgan fingerprint density at radius 1 is 0.500 bits per heavy atom. The molecule has 0 amide bonds. The summed E-state index contributed by atoms with van der Waals surface area (Å²) in [5, 5.41) is 9.55. The number of carbonyl (C=O) groups excluding carboxylic acids is 1. The lowest BCUT2D eigenvalue weighted by atomic mass is 10.0. The average molecular weight is 651 g/mol. The molecule has 0 heterocycles. The summed E-state index contributed by atoms with van der Waals surface area (Å²) >= 11 is 0. The molecule has 46 heavy (non-hydrogen) atoms. The van der Waals surface area contributed by atoms with Crippen molar-refractivity contribution in [2.45, 2.75) is 232 Å². The van der Waals surface area contributed by atoms with Crippen LogP contribution in [0.25, 0.3) is 0 Å². The van der Waals surface area contributed by atoms with Crippen molar-refractivity contribution < 1.29 is 19.4 Å². The smallest absolute Gasteiger partial charge is 0.306 e. The van der Waals surface area contributed by atoms with E-state index in [1.807, 2.05) is 0 Å². The Morgan fingerprint density at radius 3 is 1.24 bits per heavy atom. The summed E-state index contributed by atoms with van der Waals surface area (Å²) in [5.74, 6) is -0.200. The third-order valence-corrected chi connectivity index (χ3v) is 9.34. The predicted molar refractivity (Wildman–Crippen MR) is 201 cm³/mol. The van der Waals surface area contributed by atoms with Crippen LogP contribution < -0.4 is 0 Å². The molecule has 4 heteroatoms. The SMILES string of the molecule is CCCCCCCCCC/C=C\CCCCCCCCCCCCCCOCC(CO)OC(=O)CCCCCCCCCCCC. The number of esters is 1. The van der Waals surface area contributed by atoms with Gasteiger partial charge in [-0.05, 0) is 38.5 Å². The first kappa shape index (κ1) is 45.1. The van der Waals surface area contributed by atoms with Gasteiger partial charge in [0.25, 0.3) is 0 Å². The van der Waals surface area contributed by atoms with E-state index in [0.29, 0.717) is 19.6 Å². The fourth-order valence-electron chi connectivity index (χ4n) is 6.21. The van der Waals surface area contributed by atoms with Crippen molar-refractivity contribution in [1.82, 2.24) is 0 Å². The summed E-state index contributed by atoms with van der Waals surface area (Å²) < 4.78 is 11.1. The van der Waals surface area contributed by atoms with Crippen LogP contribution in [0.5, 0.6) is 0 Å². The van der Waals surface area contributed by atoms with E-state index in [0.717, 1.165) is 19.3 Å². The van der Waals surface area contributed by atoms with Crippen LogP contribution in [0.15, 0.2) is 12.2 Å². The maximum atomic E-state index is 12.1. The highest BCUT2D eigenvalue weighted by Gasteiger charge is 2.13. The molecule has 0 aromatic heterocycles. The van der Waals surface area contributed by atoms with Gasteiger partial charge in [0, 0.05) is 13.0 Å². The number of unbranched alkanes of at least 4 members (excludes halogenated alkanes) is 29. The minimum absolute atomic E-state index is 0.166. The van der Waals surface area contributed by atoms with Crippen molar-refractivity contribution in [3.63, 3.8) is 0 Å². The van der Waals surface area contributed by atoms with Crippen molar-refractivity contribution in [1.29, 1.82) is 0 Å². The zero-order valence-corrected chi connectivity index (χ0v) is 31.4. The fourth-order valence-corrected chi connectivity index (χ4v) is 6.21. The van der Waals surface area contributed by atoms with E-state index in [9.17, 15) is 9.90 Å². The minimum Gasteiger partial charge on any atom is -0.457 e. The summed E-state index contributed by atoms with van der Waals surface area (Å²) in [7, 11) is 0. The Labute approximate surface area is 288 Å². The van der Waals surface area contributed by atoms with E-state index in [1.165, 1.54) is 186 Å². The van der Waals surface area contributed by atoms with Gasteiger partial charge in [0.05, 0.1) is 13.2 Å². The van der Waals surface area contributed by atoms with Crippen molar-refractivity contribution >= 4 is 5.97 Å². The van der Waals surface area contributed by atoms with Gasteiger partial charge in [-0.2, -0.15) is 0 Å². The first-order chi connectivity index (χ1) is 22.7. The second-order valence-electron chi connectivity index (χ2n) is 14.1. The van der Waals surface area contributed by atoms with Gasteiger partial charge in [0.2, 0.25) is 0 Å². The lowest BCUT2D eigenvalue weighted by Crippen LogP contribution is -2.27. The summed E-state index contributed by atoms with van der Waals surface area (Å²) in [4.78, 5) is 12.1. The van der Waals surface area contributed by atoms with Crippen LogP contribution in [0, 0.1) is 0 Å². The van der Waals surface area contributed by atoms with Crippen LogP contribution in [0.1, 0.15) is 226 Å². The van der Waals surface area contributed by atoms with E-state index in [2.05, 4.69) is 26.0 Å². The van der Waals surface area contributed by atoms with Crippen LogP contribution in [0.3, 0.4) is 0 Å². The number of ether oxygens (including phenoxy) is 2.